The second kappa shape index (κ2) is 5.93. The van der Waals surface area contributed by atoms with E-state index in [1.807, 2.05) is 0 Å². The molecule has 0 bridgehead atoms. The summed E-state index contributed by atoms with van der Waals surface area (Å²) in [6.45, 7) is 4.37. The van der Waals surface area contributed by atoms with E-state index < -0.39 is 0 Å². The molecule has 19 heavy (non-hydrogen) atoms. The molecule has 0 radical (unpaired) electrons. The van der Waals surface area contributed by atoms with Crippen molar-refractivity contribution in [2.45, 2.75) is 45.2 Å². The first-order valence-corrected chi connectivity index (χ1v) is 8.24. The van der Waals surface area contributed by atoms with Crippen molar-refractivity contribution in [3.8, 4) is 0 Å². The van der Waals surface area contributed by atoms with Crippen LogP contribution < -0.4 is 5.32 Å². The second-order valence-corrected chi connectivity index (χ2v) is 6.22. The molecule has 2 aromatic heterocycles. The molecule has 0 saturated carbocycles. The lowest BCUT2D eigenvalue weighted by atomic mass is 9.91. The zero-order valence-corrected chi connectivity index (χ0v) is 12.4. The van der Waals surface area contributed by atoms with Gasteiger partial charge in [-0.25, -0.2) is 0 Å². The highest BCUT2D eigenvalue weighted by molar-refractivity contribution is 7.07. The summed E-state index contributed by atoms with van der Waals surface area (Å²) in [6.07, 6.45) is 9.77. The molecule has 1 aliphatic carbocycles. The van der Waals surface area contributed by atoms with E-state index in [4.69, 9.17) is 0 Å². The molecule has 0 fully saturated rings. The van der Waals surface area contributed by atoms with Crippen molar-refractivity contribution in [2.75, 3.05) is 6.54 Å². The first kappa shape index (κ1) is 12.9. The smallest absolute Gasteiger partial charge is 0.0478 e. The maximum absolute atomic E-state index is 3.69. The van der Waals surface area contributed by atoms with Gasteiger partial charge in [0.1, 0.15) is 0 Å². The quantitative estimate of drug-likeness (QED) is 0.873. The number of hydrogen-bond acceptors (Lipinski definition) is 2. The van der Waals surface area contributed by atoms with Crippen molar-refractivity contribution in [2.24, 2.45) is 0 Å². The maximum atomic E-state index is 3.69. The molecule has 1 atom stereocenters. The Bertz CT molecular complexity index is 513. The number of nitrogens with one attached hydrogen (secondary N) is 1. The lowest BCUT2D eigenvalue weighted by molar-refractivity contribution is 0.462. The first-order chi connectivity index (χ1) is 9.36. The molecule has 2 aromatic rings. The van der Waals surface area contributed by atoms with Gasteiger partial charge in [0.05, 0.1) is 0 Å². The van der Waals surface area contributed by atoms with Crippen molar-refractivity contribution in [3.05, 3.63) is 45.9 Å². The molecule has 0 saturated heterocycles. The van der Waals surface area contributed by atoms with Crippen LogP contribution in [0, 0.1) is 0 Å². The summed E-state index contributed by atoms with van der Waals surface area (Å²) in [6, 6.07) is 2.80. The fourth-order valence-electron chi connectivity index (χ4n) is 2.96. The van der Waals surface area contributed by atoms with Gasteiger partial charge in [0, 0.05) is 25.0 Å². The average Bonchev–Trinajstić information content (AvgIpc) is 3.05. The van der Waals surface area contributed by atoms with Crippen LogP contribution in [0.15, 0.2) is 29.2 Å². The van der Waals surface area contributed by atoms with E-state index in [2.05, 4.69) is 46.0 Å². The monoisotopic (exact) mass is 274 g/mol. The fourth-order valence-corrected chi connectivity index (χ4v) is 3.62. The Morgan fingerprint density at radius 1 is 1.42 bits per heavy atom. The number of fused-ring (bicyclic) bond motifs is 1. The highest BCUT2D eigenvalue weighted by Crippen LogP contribution is 2.30. The number of hydrogen-bond donors (Lipinski definition) is 1. The van der Waals surface area contributed by atoms with E-state index in [-0.39, 0.29) is 0 Å². The number of thiophene rings is 1. The van der Waals surface area contributed by atoms with E-state index in [0.717, 1.165) is 13.1 Å². The number of aryl methyl sites for hydroxylation is 1. The summed E-state index contributed by atoms with van der Waals surface area (Å²) in [5.74, 6) is 0. The van der Waals surface area contributed by atoms with Gasteiger partial charge in [-0.2, -0.15) is 11.3 Å². The minimum Gasteiger partial charge on any atom is -0.349 e. The minimum atomic E-state index is 0.576. The van der Waals surface area contributed by atoms with Crippen LogP contribution in [0.1, 0.15) is 48.9 Å². The molecule has 1 N–H and O–H groups in total. The van der Waals surface area contributed by atoms with Gasteiger partial charge in [-0.1, -0.05) is 6.92 Å². The molecule has 2 heterocycles. The topological polar surface area (TPSA) is 17.0 Å². The SMILES string of the molecule is CCCNC1CCCc2cn(Cc3ccsc3)cc21. The molecule has 0 spiro atoms. The summed E-state index contributed by atoms with van der Waals surface area (Å²) < 4.78 is 2.36. The van der Waals surface area contributed by atoms with Gasteiger partial charge in [0.2, 0.25) is 0 Å². The fraction of sp³-hybridized carbons (Fsp3) is 0.500. The first-order valence-electron chi connectivity index (χ1n) is 7.30. The highest BCUT2D eigenvalue weighted by atomic mass is 32.1. The summed E-state index contributed by atoms with van der Waals surface area (Å²) >= 11 is 1.78. The maximum Gasteiger partial charge on any atom is 0.0478 e. The lowest BCUT2D eigenvalue weighted by Crippen LogP contribution is -2.24. The highest BCUT2D eigenvalue weighted by Gasteiger charge is 2.21. The van der Waals surface area contributed by atoms with Crippen LogP contribution >= 0.6 is 11.3 Å². The van der Waals surface area contributed by atoms with E-state index in [0.29, 0.717) is 6.04 Å². The van der Waals surface area contributed by atoms with Gasteiger partial charge in [-0.15, -0.1) is 0 Å². The molecule has 0 aromatic carbocycles. The standard InChI is InChI=1S/C16H22N2S/c1-2-7-17-16-5-3-4-14-10-18(11-15(14)16)9-13-6-8-19-12-13/h6,8,10-12,16-17H,2-5,7,9H2,1H3. The average molecular weight is 274 g/mol. The van der Waals surface area contributed by atoms with Gasteiger partial charge in [0.25, 0.3) is 0 Å². The Morgan fingerprint density at radius 2 is 2.37 bits per heavy atom. The molecule has 3 heteroatoms. The molecular weight excluding hydrogens is 252 g/mol. The molecule has 3 rings (SSSR count). The molecule has 1 unspecified atom stereocenters. The Balaban J connectivity index is 1.77. The number of rotatable bonds is 5. The summed E-state index contributed by atoms with van der Waals surface area (Å²) in [5.41, 5.74) is 4.50. The third-order valence-electron chi connectivity index (χ3n) is 3.90. The zero-order valence-electron chi connectivity index (χ0n) is 11.6. The Hall–Kier alpha value is -1.06. The largest absolute Gasteiger partial charge is 0.349 e. The van der Waals surface area contributed by atoms with Crippen LogP contribution in [0.3, 0.4) is 0 Å². The van der Waals surface area contributed by atoms with Crippen molar-refractivity contribution in [1.82, 2.24) is 9.88 Å². The Kier molecular flexibility index (Phi) is 4.04. The van der Waals surface area contributed by atoms with Crippen LogP contribution in [-0.2, 0) is 13.0 Å². The van der Waals surface area contributed by atoms with Crippen LogP contribution in [0.4, 0.5) is 0 Å². The van der Waals surface area contributed by atoms with Crippen molar-refractivity contribution in [3.63, 3.8) is 0 Å². The predicted molar refractivity (Wildman–Crippen MR) is 81.8 cm³/mol. The minimum absolute atomic E-state index is 0.576. The van der Waals surface area contributed by atoms with Crippen molar-refractivity contribution in [1.29, 1.82) is 0 Å². The van der Waals surface area contributed by atoms with Crippen LogP contribution in [0.2, 0.25) is 0 Å². The van der Waals surface area contributed by atoms with Gasteiger partial charge in [-0.3, -0.25) is 0 Å². The Morgan fingerprint density at radius 3 is 3.16 bits per heavy atom. The molecular formula is C16H22N2S. The van der Waals surface area contributed by atoms with Crippen molar-refractivity contribution < 1.29 is 0 Å². The normalized spacial score (nSPS) is 18.5. The molecule has 102 valence electrons. The van der Waals surface area contributed by atoms with Gasteiger partial charge in [-0.05, 0) is 65.7 Å². The summed E-state index contributed by atoms with van der Waals surface area (Å²) in [4.78, 5) is 0. The van der Waals surface area contributed by atoms with Crippen LogP contribution in [-0.4, -0.2) is 11.1 Å². The predicted octanol–water partition coefficient (Wildman–Crippen LogP) is 3.97. The lowest BCUT2D eigenvalue weighted by Gasteiger charge is -2.23. The molecule has 1 aliphatic rings. The third kappa shape index (κ3) is 2.93. The summed E-state index contributed by atoms with van der Waals surface area (Å²) in [7, 11) is 0. The second-order valence-electron chi connectivity index (χ2n) is 5.44. The van der Waals surface area contributed by atoms with Gasteiger partial charge in [0.15, 0.2) is 0 Å². The van der Waals surface area contributed by atoms with E-state index in [1.165, 1.54) is 36.8 Å². The van der Waals surface area contributed by atoms with E-state index >= 15 is 0 Å². The third-order valence-corrected chi connectivity index (χ3v) is 4.63. The van der Waals surface area contributed by atoms with Gasteiger partial charge >= 0.3 is 0 Å². The number of aromatic nitrogens is 1. The zero-order chi connectivity index (χ0) is 13.1. The summed E-state index contributed by atoms with van der Waals surface area (Å²) in [5, 5.41) is 8.09. The van der Waals surface area contributed by atoms with E-state index in [1.54, 1.807) is 16.9 Å². The molecule has 0 amide bonds. The molecule has 2 nitrogen and oxygen atoms in total. The van der Waals surface area contributed by atoms with Gasteiger partial charge < -0.3 is 9.88 Å². The van der Waals surface area contributed by atoms with E-state index in [9.17, 15) is 0 Å². The van der Waals surface area contributed by atoms with Crippen LogP contribution in [0.5, 0.6) is 0 Å². The number of nitrogens with zero attached hydrogens (tertiary/aromatic N) is 1. The van der Waals surface area contributed by atoms with Crippen molar-refractivity contribution >= 4 is 11.3 Å². The Labute approximate surface area is 119 Å². The van der Waals surface area contributed by atoms with Crippen LogP contribution in [0.25, 0.3) is 0 Å². The molecule has 0 aliphatic heterocycles.